The molecule has 2 nitrogen and oxygen atoms in total. The molecule has 0 aromatic heterocycles. The highest BCUT2D eigenvalue weighted by molar-refractivity contribution is 6.20. The molecular formula is C14H23ClO2. The van der Waals surface area contributed by atoms with Crippen LogP contribution in [0.5, 0.6) is 0 Å². The molecule has 98 valence electrons. The van der Waals surface area contributed by atoms with Crippen molar-refractivity contribution in [2.45, 2.75) is 55.9 Å². The molecule has 1 spiro atoms. The predicted octanol–water partition coefficient (Wildman–Crippen LogP) is 3.37. The molecule has 2 heterocycles. The molecule has 1 saturated carbocycles. The lowest BCUT2D eigenvalue weighted by molar-refractivity contribution is -0.0990. The number of ether oxygens (including phenoxy) is 2. The van der Waals surface area contributed by atoms with E-state index in [1.54, 1.807) is 0 Å². The van der Waals surface area contributed by atoms with Crippen LogP contribution in [0.1, 0.15) is 44.9 Å². The van der Waals surface area contributed by atoms with E-state index in [2.05, 4.69) is 0 Å². The van der Waals surface area contributed by atoms with Crippen LogP contribution >= 0.6 is 11.6 Å². The summed E-state index contributed by atoms with van der Waals surface area (Å²) in [5, 5.41) is 0.439. The Morgan fingerprint density at radius 2 is 2.12 bits per heavy atom. The van der Waals surface area contributed by atoms with Crippen LogP contribution in [0.3, 0.4) is 0 Å². The standard InChI is InChI=1S/C14H23ClO2/c15-13(12-2-3-12)4-1-11-5-7-17-14(9-11)6-8-16-10-14/h11-13H,1-10H2. The van der Waals surface area contributed by atoms with Crippen LogP contribution in [-0.4, -0.2) is 30.8 Å². The van der Waals surface area contributed by atoms with E-state index in [1.165, 1.54) is 38.5 Å². The molecule has 2 saturated heterocycles. The van der Waals surface area contributed by atoms with Crippen molar-refractivity contribution < 1.29 is 9.47 Å². The van der Waals surface area contributed by atoms with E-state index in [9.17, 15) is 0 Å². The first-order valence-electron chi connectivity index (χ1n) is 7.13. The maximum Gasteiger partial charge on any atom is 0.0939 e. The monoisotopic (exact) mass is 258 g/mol. The van der Waals surface area contributed by atoms with Crippen molar-refractivity contribution in [3.05, 3.63) is 0 Å². The highest BCUT2D eigenvalue weighted by Gasteiger charge is 2.41. The maximum atomic E-state index is 6.39. The van der Waals surface area contributed by atoms with Gasteiger partial charge in [-0.2, -0.15) is 0 Å². The zero-order valence-electron chi connectivity index (χ0n) is 10.5. The average Bonchev–Trinajstić information content (AvgIpc) is 3.10. The van der Waals surface area contributed by atoms with E-state index < -0.39 is 0 Å². The fourth-order valence-electron chi connectivity index (χ4n) is 3.33. The summed E-state index contributed by atoms with van der Waals surface area (Å²) >= 11 is 6.39. The summed E-state index contributed by atoms with van der Waals surface area (Å²) in [6, 6.07) is 0. The van der Waals surface area contributed by atoms with E-state index in [0.717, 1.165) is 38.1 Å². The van der Waals surface area contributed by atoms with Gasteiger partial charge in [-0.3, -0.25) is 0 Å². The van der Waals surface area contributed by atoms with Crippen LogP contribution in [0, 0.1) is 11.8 Å². The third kappa shape index (κ3) is 2.97. The molecule has 3 unspecified atom stereocenters. The van der Waals surface area contributed by atoms with E-state index in [0.29, 0.717) is 5.38 Å². The van der Waals surface area contributed by atoms with Crippen LogP contribution in [-0.2, 0) is 9.47 Å². The highest BCUT2D eigenvalue weighted by Crippen LogP contribution is 2.41. The smallest absolute Gasteiger partial charge is 0.0939 e. The minimum absolute atomic E-state index is 0.0737. The van der Waals surface area contributed by atoms with Gasteiger partial charge in [0.1, 0.15) is 0 Å². The van der Waals surface area contributed by atoms with E-state index >= 15 is 0 Å². The lowest BCUT2D eigenvalue weighted by Gasteiger charge is -2.37. The van der Waals surface area contributed by atoms with Gasteiger partial charge in [0.05, 0.1) is 12.2 Å². The summed E-state index contributed by atoms with van der Waals surface area (Å²) in [4.78, 5) is 0. The van der Waals surface area contributed by atoms with Gasteiger partial charge in [-0.05, 0) is 50.4 Å². The van der Waals surface area contributed by atoms with E-state index in [1.807, 2.05) is 0 Å². The van der Waals surface area contributed by atoms with Crippen LogP contribution in [0.2, 0.25) is 0 Å². The normalized spacial score (nSPS) is 39.7. The number of alkyl halides is 1. The Morgan fingerprint density at radius 1 is 1.24 bits per heavy atom. The molecule has 3 heteroatoms. The van der Waals surface area contributed by atoms with Crippen LogP contribution in [0.25, 0.3) is 0 Å². The molecule has 3 rings (SSSR count). The summed E-state index contributed by atoms with van der Waals surface area (Å²) < 4.78 is 11.5. The first-order chi connectivity index (χ1) is 8.27. The zero-order chi connectivity index (χ0) is 11.7. The van der Waals surface area contributed by atoms with Gasteiger partial charge < -0.3 is 9.47 Å². The zero-order valence-corrected chi connectivity index (χ0v) is 11.3. The first kappa shape index (κ1) is 12.3. The summed E-state index contributed by atoms with van der Waals surface area (Å²) in [7, 11) is 0. The van der Waals surface area contributed by atoms with Crippen molar-refractivity contribution in [2.75, 3.05) is 19.8 Å². The van der Waals surface area contributed by atoms with Crippen molar-refractivity contribution in [3.63, 3.8) is 0 Å². The van der Waals surface area contributed by atoms with E-state index in [4.69, 9.17) is 21.1 Å². The number of halogens is 1. The van der Waals surface area contributed by atoms with Crippen LogP contribution in [0.4, 0.5) is 0 Å². The average molecular weight is 259 g/mol. The van der Waals surface area contributed by atoms with Gasteiger partial charge in [-0.25, -0.2) is 0 Å². The highest BCUT2D eigenvalue weighted by atomic mass is 35.5. The minimum atomic E-state index is 0.0737. The Labute approximate surface area is 109 Å². The van der Waals surface area contributed by atoms with Crippen LogP contribution in [0.15, 0.2) is 0 Å². The molecule has 2 aliphatic heterocycles. The van der Waals surface area contributed by atoms with Crippen molar-refractivity contribution in [1.29, 1.82) is 0 Å². The lowest BCUT2D eigenvalue weighted by Crippen LogP contribution is -2.40. The Kier molecular flexibility index (Phi) is 3.65. The second-order valence-corrected chi connectivity index (χ2v) is 6.68. The molecule has 0 aromatic carbocycles. The molecule has 0 N–H and O–H groups in total. The Hall–Kier alpha value is 0.210. The van der Waals surface area contributed by atoms with Gasteiger partial charge in [0, 0.05) is 25.0 Å². The Morgan fingerprint density at radius 3 is 2.82 bits per heavy atom. The second kappa shape index (κ2) is 5.07. The Bertz CT molecular complexity index is 259. The first-order valence-corrected chi connectivity index (χ1v) is 7.57. The van der Waals surface area contributed by atoms with Gasteiger partial charge in [-0.15, -0.1) is 11.6 Å². The summed E-state index contributed by atoms with van der Waals surface area (Å²) in [5.74, 6) is 1.64. The van der Waals surface area contributed by atoms with Gasteiger partial charge in [0.15, 0.2) is 0 Å². The van der Waals surface area contributed by atoms with Crippen molar-refractivity contribution in [2.24, 2.45) is 11.8 Å². The maximum absolute atomic E-state index is 6.39. The largest absolute Gasteiger partial charge is 0.378 e. The summed E-state index contributed by atoms with van der Waals surface area (Å²) in [5.41, 5.74) is 0.0737. The molecule has 0 amide bonds. The molecule has 3 fully saturated rings. The Balaban J connectivity index is 1.46. The molecule has 17 heavy (non-hydrogen) atoms. The molecule has 0 aromatic rings. The SMILES string of the molecule is ClC(CCC1CCOC2(CCOC2)C1)C1CC1. The molecule has 1 aliphatic carbocycles. The summed E-state index contributed by atoms with van der Waals surface area (Å²) in [6.45, 7) is 2.62. The predicted molar refractivity (Wildman–Crippen MR) is 68.4 cm³/mol. The second-order valence-electron chi connectivity index (χ2n) is 6.12. The van der Waals surface area contributed by atoms with Gasteiger partial charge in [0.25, 0.3) is 0 Å². The lowest BCUT2D eigenvalue weighted by atomic mass is 9.82. The fourth-order valence-corrected chi connectivity index (χ4v) is 3.71. The third-order valence-electron chi connectivity index (χ3n) is 4.65. The molecule has 0 radical (unpaired) electrons. The molecule has 0 bridgehead atoms. The van der Waals surface area contributed by atoms with Crippen molar-refractivity contribution in [3.8, 4) is 0 Å². The fraction of sp³-hybridized carbons (Fsp3) is 1.00. The van der Waals surface area contributed by atoms with Gasteiger partial charge in [0.2, 0.25) is 0 Å². The minimum Gasteiger partial charge on any atom is -0.378 e. The van der Waals surface area contributed by atoms with Crippen molar-refractivity contribution in [1.82, 2.24) is 0 Å². The topological polar surface area (TPSA) is 18.5 Å². The number of rotatable bonds is 4. The number of hydrogen-bond acceptors (Lipinski definition) is 2. The third-order valence-corrected chi connectivity index (χ3v) is 5.22. The van der Waals surface area contributed by atoms with E-state index in [-0.39, 0.29) is 5.60 Å². The van der Waals surface area contributed by atoms with Gasteiger partial charge in [-0.1, -0.05) is 0 Å². The number of hydrogen-bond donors (Lipinski definition) is 0. The quantitative estimate of drug-likeness (QED) is 0.720. The van der Waals surface area contributed by atoms with Crippen LogP contribution < -0.4 is 0 Å². The molecule has 3 aliphatic rings. The molecule has 3 atom stereocenters. The molecular weight excluding hydrogens is 236 g/mol. The van der Waals surface area contributed by atoms with Gasteiger partial charge >= 0.3 is 0 Å². The van der Waals surface area contributed by atoms with Crippen molar-refractivity contribution >= 4 is 11.6 Å². The summed E-state index contributed by atoms with van der Waals surface area (Å²) in [6.07, 6.45) is 8.72.